The number of rotatable bonds is 6. The molecule has 2 fully saturated rings. The van der Waals surface area contributed by atoms with Gasteiger partial charge in [-0.05, 0) is 50.3 Å². The van der Waals surface area contributed by atoms with Gasteiger partial charge in [0.25, 0.3) is 0 Å². The van der Waals surface area contributed by atoms with E-state index in [-0.39, 0.29) is 17.9 Å². The van der Waals surface area contributed by atoms with Crippen molar-refractivity contribution in [2.24, 2.45) is 11.7 Å². The summed E-state index contributed by atoms with van der Waals surface area (Å²) in [6, 6.07) is 9.42. The van der Waals surface area contributed by atoms with E-state index < -0.39 is 0 Å². The van der Waals surface area contributed by atoms with E-state index in [0.717, 1.165) is 25.8 Å². The fourth-order valence-corrected chi connectivity index (χ4v) is 4.39. The van der Waals surface area contributed by atoms with Crippen LogP contribution in [-0.4, -0.2) is 29.9 Å². The molecule has 1 amide bonds. The lowest BCUT2D eigenvalue weighted by atomic mass is 9.94. The fraction of sp³-hybridized carbons (Fsp3) is 0.667. The lowest BCUT2D eigenvalue weighted by Gasteiger charge is -2.31. The van der Waals surface area contributed by atoms with Gasteiger partial charge in [-0.2, -0.15) is 0 Å². The molecule has 138 valence electrons. The second kappa shape index (κ2) is 8.81. The first-order valence-corrected chi connectivity index (χ1v) is 9.94. The number of nitrogens with two attached hydrogens (primary N) is 1. The highest BCUT2D eigenvalue weighted by Gasteiger charge is 2.27. The van der Waals surface area contributed by atoms with Crippen molar-refractivity contribution in [3.8, 4) is 0 Å². The number of hydrogen-bond donors (Lipinski definition) is 2. The molecule has 2 aliphatic rings. The molecular weight excluding hydrogens is 310 g/mol. The summed E-state index contributed by atoms with van der Waals surface area (Å²) in [5.41, 5.74) is 8.50. The molecule has 0 aromatic heterocycles. The molecule has 4 heteroatoms. The minimum absolute atomic E-state index is 0.104. The van der Waals surface area contributed by atoms with Crippen LogP contribution in [0.2, 0.25) is 0 Å². The monoisotopic (exact) mass is 343 g/mol. The second-order valence-electron chi connectivity index (χ2n) is 7.96. The highest BCUT2D eigenvalue weighted by atomic mass is 16.1. The van der Waals surface area contributed by atoms with E-state index in [0.29, 0.717) is 12.6 Å². The number of benzene rings is 1. The van der Waals surface area contributed by atoms with Gasteiger partial charge in [0.2, 0.25) is 5.91 Å². The second-order valence-corrected chi connectivity index (χ2v) is 7.96. The zero-order chi connectivity index (χ0) is 17.6. The van der Waals surface area contributed by atoms with Crippen molar-refractivity contribution in [2.45, 2.75) is 76.5 Å². The molecule has 0 spiro atoms. The maximum atomic E-state index is 12.4. The third-order valence-electron chi connectivity index (χ3n) is 6.03. The van der Waals surface area contributed by atoms with Crippen LogP contribution in [0.25, 0.3) is 0 Å². The Hall–Kier alpha value is -1.39. The van der Waals surface area contributed by atoms with E-state index in [1.54, 1.807) is 0 Å². The van der Waals surface area contributed by atoms with Crippen LogP contribution in [0.1, 0.15) is 62.5 Å². The largest absolute Gasteiger partial charge is 0.352 e. The van der Waals surface area contributed by atoms with Crippen LogP contribution in [0.3, 0.4) is 0 Å². The summed E-state index contributed by atoms with van der Waals surface area (Å²) < 4.78 is 0. The quantitative estimate of drug-likeness (QED) is 0.834. The van der Waals surface area contributed by atoms with Crippen molar-refractivity contribution in [2.75, 3.05) is 7.05 Å². The molecule has 0 saturated heterocycles. The first-order chi connectivity index (χ1) is 12.1. The molecule has 0 bridgehead atoms. The predicted molar refractivity (Wildman–Crippen MR) is 102 cm³/mol. The van der Waals surface area contributed by atoms with Crippen LogP contribution >= 0.6 is 0 Å². The third kappa shape index (κ3) is 5.05. The van der Waals surface area contributed by atoms with Crippen molar-refractivity contribution in [3.05, 3.63) is 35.4 Å². The highest BCUT2D eigenvalue weighted by Crippen LogP contribution is 2.25. The van der Waals surface area contributed by atoms with Crippen LogP contribution in [-0.2, 0) is 17.9 Å². The molecule has 4 nitrogen and oxygen atoms in total. The molecule has 1 aromatic carbocycles. The summed E-state index contributed by atoms with van der Waals surface area (Å²) in [6.45, 7) is 1.59. The van der Waals surface area contributed by atoms with Crippen LogP contribution in [0.15, 0.2) is 24.3 Å². The van der Waals surface area contributed by atoms with Gasteiger partial charge in [-0.25, -0.2) is 0 Å². The number of nitrogens with one attached hydrogen (secondary N) is 1. The predicted octanol–water partition coefficient (Wildman–Crippen LogP) is 3.19. The summed E-state index contributed by atoms with van der Waals surface area (Å²) in [4.78, 5) is 14.9. The zero-order valence-electron chi connectivity index (χ0n) is 15.5. The van der Waals surface area contributed by atoms with E-state index in [9.17, 15) is 4.79 Å². The van der Waals surface area contributed by atoms with Gasteiger partial charge >= 0.3 is 0 Å². The molecule has 2 aliphatic carbocycles. The van der Waals surface area contributed by atoms with Gasteiger partial charge in [-0.1, -0.05) is 43.5 Å². The Morgan fingerprint density at radius 1 is 1.12 bits per heavy atom. The standard InChI is InChI=1S/C21H33N3O/c1-24(20-9-3-2-4-10-20)15-18-8-6-5-7-17(18)14-23-21(25)16-11-12-19(22)13-16/h5-8,16,19-20H,2-4,9-15,22H2,1H3,(H,23,25). The van der Waals surface area contributed by atoms with Crippen molar-refractivity contribution < 1.29 is 4.79 Å². The molecule has 2 saturated carbocycles. The average molecular weight is 344 g/mol. The molecule has 0 heterocycles. The van der Waals surface area contributed by atoms with Crippen LogP contribution in [0.4, 0.5) is 0 Å². The number of carbonyl (C=O) groups excluding carboxylic acids is 1. The number of nitrogens with zero attached hydrogens (tertiary/aromatic N) is 1. The molecule has 2 unspecified atom stereocenters. The Balaban J connectivity index is 1.56. The normalized spacial score (nSPS) is 24.6. The van der Waals surface area contributed by atoms with Crippen molar-refractivity contribution >= 4 is 5.91 Å². The number of hydrogen-bond acceptors (Lipinski definition) is 3. The Morgan fingerprint density at radius 2 is 1.84 bits per heavy atom. The zero-order valence-corrected chi connectivity index (χ0v) is 15.5. The van der Waals surface area contributed by atoms with E-state index in [4.69, 9.17) is 5.73 Å². The lowest BCUT2D eigenvalue weighted by Crippen LogP contribution is -2.34. The third-order valence-corrected chi connectivity index (χ3v) is 6.03. The summed E-state index contributed by atoms with van der Waals surface area (Å²) in [5, 5.41) is 3.14. The maximum absolute atomic E-state index is 12.4. The van der Waals surface area contributed by atoms with Gasteiger partial charge in [0.15, 0.2) is 0 Å². The van der Waals surface area contributed by atoms with Crippen molar-refractivity contribution in [3.63, 3.8) is 0 Å². The van der Waals surface area contributed by atoms with Crippen LogP contribution in [0, 0.1) is 5.92 Å². The van der Waals surface area contributed by atoms with Gasteiger partial charge in [0.05, 0.1) is 0 Å². The molecule has 0 aliphatic heterocycles. The molecule has 3 N–H and O–H groups in total. The Kier molecular flexibility index (Phi) is 6.49. The van der Waals surface area contributed by atoms with Crippen molar-refractivity contribution in [1.82, 2.24) is 10.2 Å². The summed E-state index contributed by atoms with van der Waals surface area (Å²) in [6.07, 6.45) is 9.47. The van der Waals surface area contributed by atoms with Gasteiger partial charge < -0.3 is 11.1 Å². The molecule has 2 atom stereocenters. The number of amides is 1. The van der Waals surface area contributed by atoms with Crippen LogP contribution in [0.5, 0.6) is 0 Å². The Bertz CT molecular complexity index is 568. The van der Waals surface area contributed by atoms with Gasteiger partial charge in [-0.15, -0.1) is 0 Å². The molecule has 3 rings (SSSR count). The Labute approximate surface area is 152 Å². The lowest BCUT2D eigenvalue weighted by molar-refractivity contribution is -0.125. The smallest absolute Gasteiger partial charge is 0.223 e. The van der Waals surface area contributed by atoms with Crippen LogP contribution < -0.4 is 11.1 Å². The van der Waals surface area contributed by atoms with E-state index >= 15 is 0 Å². The highest BCUT2D eigenvalue weighted by molar-refractivity contribution is 5.79. The van der Waals surface area contributed by atoms with E-state index in [1.165, 1.54) is 43.2 Å². The van der Waals surface area contributed by atoms with Crippen molar-refractivity contribution in [1.29, 1.82) is 0 Å². The first-order valence-electron chi connectivity index (χ1n) is 9.94. The maximum Gasteiger partial charge on any atom is 0.223 e. The fourth-order valence-electron chi connectivity index (χ4n) is 4.39. The SMILES string of the molecule is CN(Cc1ccccc1CNC(=O)C1CCC(N)C1)C1CCCCC1. The minimum atomic E-state index is 0.104. The number of carbonyl (C=O) groups is 1. The molecule has 25 heavy (non-hydrogen) atoms. The van der Waals surface area contributed by atoms with Gasteiger partial charge in [0, 0.05) is 31.1 Å². The Morgan fingerprint density at radius 3 is 2.52 bits per heavy atom. The summed E-state index contributed by atoms with van der Waals surface area (Å²) in [5.74, 6) is 0.274. The van der Waals surface area contributed by atoms with E-state index in [2.05, 4.69) is 41.5 Å². The van der Waals surface area contributed by atoms with Gasteiger partial charge in [-0.3, -0.25) is 9.69 Å². The van der Waals surface area contributed by atoms with Gasteiger partial charge in [0.1, 0.15) is 0 Å². The molecule has 0 radical (unpaired) electrons. The average Bonchev–Trinajstić information content (AvgIpc) is 3.08. The van der Waals surface area contributed by atoms with E-state index in [1.807, 2.05) is 0 Å². The minimum Gasteiger partial charge on any atom is -0.352 e. The summed E-state index contributed by atoms with van der Waals surface area (Å²) in [7, 11) is 2.24. The summed E-state index contributed by atoms with van der Waals surface area (Å²) >= 11 is 0. The first kappa shape index (κ1) is 18.4. The topological polar surface area (TPSA) is 58.4 Å². The molecular formula is C21H33N3O. The molecule has 1 aromatic rings.